The van der Waals surface area contributed by atoms with Crippen LogP contribution in [-0.2, 0) is 24.5 Å². The third-order valence-electron chi connectivity index (χ3n) is 3.80. The van der Waals surface area contributed by atoms with Crippen molar-refractivity contribution >= 4 is 5.91 Å². The summed E-state index contributed by atoms with van der Waals surface area (Å²) in [6.07, 6.45) is 0. The topological polar surface area (TPSA) is 60.7 Å². The van der Waals surface area contributed by atoms with Crippen LogP contribution in [0.2, 0.25) is 0 Å². The number of amides is 1. The Balaban J connectivity index is 1.48. The third kappa shape index (κ3) is 4.97. The van der Waals surface area contributed by atoms with Crippen LogP contribution in [0.1, 0.15) is 27.4 Å². The second-order valence-corrected chi connectivity index (χ2v) is 5.80. The normalized spacial score (nSPS) is 10.5. The fourth-order valence-corrected chi connectivity index (χ4v) is 2.43. The first-order chi connectivity index (χ1) is 12.7. The summed E-state index contributed by atoms with van der Waals surface area (Å²) >= 11 is 0. The standard InChI is InChI=1S/C21H21NO4/c1-24-15-19-11-12-20(26-19)21(23)22-13-16-7-9-18(10-8-16)25-14-17-5-3-2-4-6-17/h2-12H,13-15H2,1H3,(H,22,23). The molecule has 0 unspecified atom stereocenters. The predicted octanol–water partition coefficient (Wildman–Crippen LogP) is 3.94. The Labute approximate surface area is 152 Å². The number of carbonyl (C=O) groups is 1. The molecule has 26 heavy (non-hydrogen) atoms. The van der Waals surface area contributed by atoms with Gasteiger partial charge in [-0.3, -0.25) is 4.79 Å². The zero-order chi connectivity index (χ0) is 18.2. The van der Waals surface area contributed by atoms with Crippen molar-refractivity contribution in [2.75, 3.05) is 7.11 Å². The fourth-order valence-electron chi connectivity index (χ4n) is 2.43. The summed E-state index contributed by atoms with van der Waals surface area (Å²) in [5, 5.41) is 2.83. The maximum Gasteiger partial charge on any atom is 0.287 e. The lowest BCUT2D eigenvalue weighted by Crippen LogP contribution is -2.22. The number of benzene rings is 2. The van der Waals surface area contributed by atoms with Gasteiger partial charge in [0.1, 0.15) is 24.7 Å². The van der Waals surface area contributed by atoms with Crippen molar-refractivity contribution in [2.45, 2.75) is 19.8 Å². The van der Waals surface area contributed by atoms with Crippen LogP contribution >= 0.6 is 0 Å². The minimum Gasteiger partial charge on any atom is -0.489 e. The van der Waals surface area contributed by atoms with Gasteiger partial charge in [-0.05, 0) is 35.4 Å². The molecule has 3 aromatic rings. The lowest BCUT2D eigenvalue weighted by molar-refractivity contribution is 0.0914. The van der Waals surface area contributed by atoms with Crippen molar-refractivity contribution in [3.63, 3.8) is 0 Å². The van der Waals surface area contributed by atoms with Gasteiger partial charge in [-0.25, -0.2) is 0 Å². The monoisotopic (exact) mass is 351 g/mol. The van der Waals surface area contributed by atoms with Gasteiger partial charge in [0.25, 0.3) is 5.91 Å². The summed E-state index contributed by atoms with van der Waals surface area (Å²) in [5.74, 6) is 1.44. The molecule has 0 radical (unpaired) electrons. The lowest BCUT2D eigenvalue weighted by atomic mass is 10.2. The first-order valence-electron chi connectivity index (χ1n) is 8.36. The molecular weight excluding hydrogens is 330 g/mol. The maximum atomic E-state index is 12.1. The van der Waals surface area contributed by atoms with Crippen molar-refractivity contribution in [1.82, 2.24) is 5.32 Å². The number of hydrogen-bond acceptors (Lipinski definition) is 4. The number of carbonyl (C=O) groups excluding carboxylic acids is 1. The van der Waals surface area contributed by atoms with E-state index in [1.54, 1.807) is 19.2 Å². The highest BCUT2D eigenvalue weighted by atomic mass is 16.5. The van der Waals surface area contributed by atoms with E-state index >= 15 is 0 Å². The molecule has 2 aromatic carbocycles. The van der Waals surface area contributed by atoms with Gasteiger partial charge in [-0.15, -0.1) is 0 Å². The van der Waals surface area contributed by atoms with Crippen LogP contribution in [0.25, 0.3) is 0 Å². The second kappa shape index (κ2) is 8.87. The molecule has 0 aliphatic carbocycles. The number of ether oxygens (including phenoxy) is 2. The Morgan fingerprint density at radius 2 is 1.69 bits per heavy atom. The number of hydrogen-bond donors (Lipinski definition) is 1. The van der Waals surface area contributed by atoms with E-state index in [9.17, 15) is 4.79 Å². The second-order valence-electron chi connectivity index (χ2n) is 5.80. The Morgan fingerprint density at radius 1 is 0.923 bits per heavy atom. The SMILES string of the molecule is COCc1ccc(C(=O)NCc2ccc(OCc3ccccc3)cc2)o1. The molecule has 1 amide bonds. The average Bonchev–Trinajstić information content (AvgIpc) is 3.15. The zero-order valence-electron chi connectivity index (χ0n) is 14.6. The lowest BCUT2D eigenvalue weighted by Gasteiger charge is -2.08. The summed E-state index contributed by atoms with van der Waals surface area (Å²) in [5.41, 5.74) is 2.10. The van der Waals surface area contributed by atoms with Gasteiger partial charge in [-0.1, -0.05) is 42.5 Å². The Bertz CT molecular complexity index is 825. The molecule has 0 fully saturated rings. The Hall–Kier alpha value is -3.05. The molecule has 0 aliphatic rings. The highest BCUT2D eigenvalue weighted by molar-refractivity contribution is 5.91. The first-order valence-corrected chi connectivity index (χ1v) is 8.36. The van der Waals surface area contributed by atoms with Gasteiger partial charge < -0.3 is 19.2 Å². The molecule has 5 nitrogen and oxygen atoms in total. The number of methoxy groups -OCH3 is 1. The van der Waals surface area contributed by atoms with E-state index in [0.717, 1.165) is 16.9 Å². The van der Waals surface area contributed by atoms with Crippen LogP contribution in [-0.4, -0.2) is 13.0 Å². The average molecular weight is 351 g/mol. The molecule has 3 rings (SSSR count). The first kappa shape index (κ1) is 17.8. The van der Waals surface area contributed by atoms with Crippen LogP contribution < -0.4 is 10.1 Å². The molecule has 0 atom stereocenters. The van der Waals surface area contributed by atoms with E-state index in [4.69, 9.17) is 13.9 Å². The fraction of sp³-hybridized carbons (Fsp3) is 0.190. The summed E-state index contributed by atoms with van der Waals surface area (Å²) in [6.45, 7) is 1.29. The number of furan rings is 1. The summed E-state index contributed by atoms with van der Waals surface area (Å²) in [7, 11) is 1.58. The molecule has 5 heteroatoms. The summed E-state index contributed by atoms with van der Waals surface area (Å²) in [4.78, 5) is 12.1. The van der Waals surface area contributed by atoms with Crippen molar-refractivity contribution < 1.29 is 18.7 Å². The van der Waals surface area contributed by atoms with E-state index < -0.39 is 0 Å². The van der Waals surface area contributed by atoms with E-state index in [0.29, 0.717) is 25.5 Å². The molecule has 0 spiro atoms. The highest BCUT2D eigenvalue weighted by Crippen LogP contribution is 2.15. The highest BCUT2D eigenvalue weighted by Gasteiger charge is 2.10. The van der Waals surface area contributed by atoms with Gasteiger partial charge in [0.15, 0.2) is 5.76 Å². The van der Waals surface area contributed by atoms with Gasteiger partial charge >= 0.3 is 0 Å². The molecule has 1 heterocycles. The molecule has 0 saturated heterocycles. The summed E-state index contributed by atoms with van der Waals surface area (Å²) in [6, 6.07) is 21.0. The Kier molecular flexibility index (Phi) is 6.06. The minimum atomic E-state index is -0.253. The van der Waals surface area contributed by atoms with Gasteiger partial charge in [-0.2, -0.15) is 0 Å². The number of rotatable bonds is 8. The van der Waals surface area contributed by atoms with E-state index in [-0.39, 0.29) is 11.7 Å². The summed E-state index contributed by atoms with van der Waals surface area (Å²) < 4.78 is 16.1. The largest absolute Gasteiger partial charge is 0.489 e. The van der Waals surface area contributed by atoms with Crippen LogP contribution in [0.5, 0.6) is 5.75 Å². The van der Waals surface area contributed by atoms with Crippen molar-refractivity contribution in [3.05, 3.63) is 89.4 Å². The smallest absolute Gasteiger partial charge is 0.287 e. The molecule has 0 saturated carbocycles. The van der Waals surface area contributed by atoms with Crippen LogP contribution in [0.15, 0.2) is 71.1 Å². The molecular formula is C21H21NO4. The van der Waals surface area contributed by atoms with Gasteiger partial charge in [0, 0.05) is 13.7 Å². The van der Waals surface area contributed by atoms with Crippen LogP contribution in [0, 0.1) is 0 Å². The van der Waals surface area contributed by atoms with Gasteiger partial charge in [0.05, 0.1) is 0 Å². The van der Waals surface area contributed by atoms with Crippen LogP contribution in [0.4, 0.5) is 0 Å². The van der Waals surface area contributed by atoms with Crippen molar-refractivity contribution in [2.24, 2.45) is 0 Å². The van der Waals surface area contributed by atoms with Crippen molar-refractivity contribution in [1.29, 1.82) is 0 Å². The van der Waals surface area contributed by atoms with E-state index in [1.165, 1.54) is 0 Å². The van der Waals surface area contributed by atoms with Crippen LogP contribution in [0.3, 0.4) is 0 Å². The molecule has 1 aromatic heterocycles. The Morgan fingerprint density at radius 3 is 2.42 bits per heavy atom. The quantitative estimate of drug-likeness (QED) is 0.668. The predicted molar refractivity (Wildman–Crippen MR) is 97.8 cm³/mol. The maximum absolute atomic E-state index is 12.1. The minimum absolute atomic E-state index is 0.253. The molecule has 134 valence electrons. The molecule has 0 aliphatic heterocycles. The van der Waals surface area contributed by atoms with Crippen molar-refractivity contribution in [3.8, 4) is 5.75 Å². The third-order valence-corrected chi connectivity index (χ3v) is 3.80. The number of nitrogens with one attached hydrogen (secondary N) is 1. The molecule has 0 bridgehead atoms. The van der Waals surface area contributed by atoms with Gasteiger partial charge in [0.2, 0.25) is 0 Å². The van der Waals surface area contributed by atoms with E-state index in [2.05, 4.69) is 5.32 Å². The molecule has 1 N–H and O–H groups in total. The van der Waals surface area contributed by atoms with E-state index in [1.807, 2.05) is 54.6 Å². The zero-order valence-corrected chi connectivity index (χ0v) is 14.6.